The van der Waals surface area contributed by atoms with Gasteiger partial charge in [0, 0.05) is 0 Å². The Kier molecular flexibility index (Phi) is 4.80. The van der Waals surface area contributed by atoms with E-state index in [4.69, 9.17) is 9.83 Å². The molecular formula is C19H22N4O2S. The van der Waals surface area contributed by atoms with Crippen molar-refractivity contribution >= 4 is 39.8 Å². The van der Waals surface area contributed by atoms with E-state index < -0.39 is 5.91 Å². The Morgan fingerprint density at radius 2 is 2.15 bits per heavy atom. The number of hydrogen-bond donors (Lipinski definition) is 1. The van der Waals surface area contributed by atoms with Gasteiger partial charge in [-0.25, -0.2) is 0 Å². The number of hydrazone groups is 1. The van der Waals surface area contributed by atoms with Crippen LogP contribution in [0.25, 0.3) is 6.08 Å². The van der Waals surface area contributed by atoms with Crippen LogP contribution in [0.1, 0.15) is 56.5 Å². The van der Waals surface area contributed by atoms with Crippen LogP contribution in [0.5, 0.6) is 0 Å². The number of hydrogen-bond acceptors (Lipinski definition) is 5. The predicted molar refractivity (Wildman–Crippen MR) is 104 cm³/mol. The summed E-state index contributed by atoms with van der Waals surface area (Å²) in [7, 11) is 0. The molecule has 7 heteroatoms. The minimum atomic E-state index is -0.411. The number of aliphatic imine (C=N–C) groups is 1. The van der Waals surface area contributed by atoms with E-state index in [1.165, 1.54) is 48.9 Å². The molecule has 1 aromatic heterocycles. The Labute approximate surface area is 156 Å². The van der Waals surface area contributed by atoms with Gasteiger partial charge in [-0.15, -0.1) is 0 Å². The first-order valence-corrected chi connectivity index (χ1v) is 9.97. The van der Waals surface area contributed by atoms with Crippen LogP contribution in [0.2, 0.25) is 0 Å². The van der Waals surface area contributed by atoms with E-state index in [1.54, 1.807) is 12.1 Å². The molecule has 136 valence electrons. The first-order chi connectivity index (χ1) is 12.6. The van der Waals surface area contributed by atoms with Crippen molar-refractivity contribution in [2.45, 2.75) is 51.9 Å². The van der Waals surface area contributed by atoms with Crippen LogP contribution in [-0.4, -0.2) is 27.0 Å². The quantitative estimate of drug-likeness (QED) is 0.787. The van der Waals surface area contributed by atoms with Gasteiger partial charge in [0.1, 0.15) is 16.6 Å². The smallest absolute Gasteiger partial charge is 0.283 e. The summed E-state index contributed by atoms with van der Waals surface area (Å²) < 4.78 is 5.49. The number of thioether (sulfide) groups is 1. The molecule has 2 aliphatic heterocycles. The number of aryl methyl sites for hydroxylation is 1. The number of amidine groups is 2. The Balaban J connectivity index is 1.47. The highest BCUT2D eigenvalue weighted by atomic mass is 32.2. The number of amides is 1. The molecule has 6 nitrogen and oxygen atoms in total. The molecule has 0 unspecified atom stereocenters. The molecular weight excluding hydrogens is 348 g/mol. The third kappa shape index (κ3) is 3.53. The highest BCUT2D eigenvalue weighted by Gasteiger charge is 2.35. The number of nitrogens with one attached hydrogen (secondary N) is 1. The lowest BCUT2D eigenvalue weighted by molar-refractivity contribution is -0.114. The molecule has 0 saturated heterocycles. The van der Waals surface area contributed by atoms with Gasteiger partial charge in [-0.2, -0.15) is 15.1 Å². The van der Waals surface area contributed by atoms with Crippen LogP contribution < -0.4 is 0 Å². The van der Waals surface area contributed by atoms with Gasteiger partial charge >= 0.3 is 0 Å². The Bertz CT molecular complexity index is 830. The molecule has 3 heterocycles. The zero-order valence-electron chi connectivity index (χ0n) is 14.8. The summed E-state index contributed by atoms with van der Waals surface area (Å²) in [6.07, 6.45) is 10.2. The van der Waals surface area contributed by atoms with Crippen molar-refractivity contribution in [1.29, 1.82) is 5.41 Å². The monoisotopic (exact) mass is 370 g/mol. The minimum Gasteiger partial charge on any atom is -0.462 e. The molecule has 0 atom stereocenters. The Morgan fingerprint density at radius 3 is 2.88 bits per heavy atom. The second kappa shape index (κ2) is 7.23. The van der Waals surface area contributed by atoms with Crippen molar-refractivity contribution in [2.24, 2.45) is 16.0 Å². The van der Waals surface area contributed by atoms with E-state index >= 15 is 0 Å². The molecule has 1 aliphatic carbocycles. The molecule has 4 rings (SSSR count). The van der Waals surface area contributed by atoms with Gasteiger partial charge in [0.15, 0.2) is 5.84 Å². The standard InChI is InChI=1S/C19H22N4O2S/c1-12-7-9-14(25-12)11-15-17(20)23-19(21-18(15)24)26-16(22-23)10-8-13-5-3-2-4-6-13/h7,9,11,13,20H,2-6,8,10H2,1H3/b15-11-,20-17?. The number of rotatable bonds is 4. The maximum absolute atomic E-state index is 12.3. The van der Waals surface area contributed by atoms with Gasteiger partial charge in [-0.3, -0.25) is 10.2 Å². The first kappa shape index (κ1) is 17.3. The molecule has 0 radical (unpaired) electrons. The fraction of sp³-hybridized carbons (Fsp3) is 0.474. The van der Waals surface area contributed by atoms with E-state index in [0.29, 0.717) is 10.9 Å². The van der Waals surface area contributed by atoms with Crippen molar-refractivity contribution in [3.63, 3.8) is 0 Å². The molecule has 1 amide bonds. The third-order valence-electron chi connectivity index (χ3n) is 5.04. The molecule has 0 aromatic carbocycles. The predicted octanol–water partition coefficient (Wildman–Crippen LogP) is 4.57. The maximum atomic E-state index is 12.3. The molecule has 1 N–H and O–H groups in total. The number of carbonyl (C=O) groups is 1. The average Bonchev–Trinajstić information content (AvgIpc) is 3.23. The van der Waals surface area contributed by atoms with Crippen LogP contribution in [0.4, 0.5) is 0 Å². The number of fused-ring (bicyclic) bond motifs is 1. The molecule has 0 bridgehead atoms. The summed E-state index contributed by atoms with van der Waals surface area (Å²) in [5.74, 6) is 1.74. The second-order valence-electron chi connectivity index (χ2n) is 7.00. The van der Waals surface area contributed by atoms with Gasteiger partial charge in [-0.05, 0) is 55.7 Å². The zero-order chi connectivity index (χ0) is 18.1. The van der Waals surface area contributed by atoms with Gasteiger partial charge in [0.25, 0.3) is 5.91 Å². The van der Waals surface area contributed by atoms with Crippen molar-refractivity contribution in [2.75, 3.05) is 0 Å². The van der Waals surface area contributed by atoms with Crippen molar-refractivity contribution < 1.29 is 9.21 Å². The summed E-state index contributed by atoms with van der Waals surface area (Å²) >= 11 is 1.42. The van der Waals surface area contributed by atoms with Crippen molar-refractivity contribution in [3.8, 4) is 0 Å². The van der Waals surface area contributed by atoms with Crippen LogP contribution in [0, 0.1) is 18.3 Å². The van der Waals surface area contributed by atoms with Crippen LogP contribution in [0.15, 0.2) is 32.2 Å². The first-order valence-electron chi connectivity index (χ1n) is 9.15. The topological polar surface area (TPSA) is 82.0 Å². The lowest BCUT2D eigenvalue weighted by Crippen LogP contribution is -2.35. The van der Waals surface area contributed by atoms with Gasteiger partial charge < -0.3 is 4.42 Å². The third-order valence-corrected chi connectivity index (χ3v) is 6.00. The second-order valence-corrected chi connectivity index (χ2v) is 8.05. The summed E-state index contributed by atoms with van der Waals surface area (Å²) in [4.78, 5) is 16.5. The highest BCUT2D eigenvalue weighted by Crippen LogP contribution is 2.33. The summed E-state index contributed by atoms with van der Waals surface area (Å²) in [5.41, 5.74) is 0.209. The van der Waals surface area contributed by atoms with Crippen molar-refractivity contribution in [3.05, 3.63) is 29.2 Å². The van der Waals surface area contributed by atoms with E-state index in [-0.39, 0.29) is 11.4 Å². The van der Waals surface area contributed by atoms with E-state index in [2.05, 4.69) is 10.1 Å². The van der Waals surface area contributed by atoms with Crippen molar-refractivity contribution in [1.82, 2.24) is 5.01 Å². The fourth-order valence-corrected chi connectivity index (χ4v) is 4.51. The molecule has 3 aliphatic rings. The normalized spacial score (nSPS) is 22.7. The Morgan fingerprint density at radius 1 is 1.35 bits per heavy atom. The molecule has 1 fully saturated rings. The summed E-state index contributed by atoms with van der Waals surface area (Å²) in [6.45, 7) is 1.84. The SMILES string of the molecule is Cc1ccc(/C=C2/C(=N)N3N=C(CCC4CCCCC4)SC3=NC2=O)o1. The Hall–Kier alpha value is -2.15. The lowest BCUT2D eigenvalue weighted by Gasteiger charge is -2.20. The van der Waals surface area contributed by atoms with E-state index in [1.807, 2.05) is 13.0 Å². The minimum absolute atomic E-state index is 0.0641. The highest BCUT2D eigenvalue weighted by molar-refractivity contribution is 8.26. The molecule has 1 aromatic rings. The van der Waals surface area contributed by atoms with E-state index in [9.17, 15) is 4.79 Å². The lowest BCUT2D eigenvalue weighted by atomic mass is 9.86. The van der Waals surface area contributed by atoms with Gasteiger partial charge in [0.05, 0.1) is 5.57 Å². The number of nitrogens with zero attached hydrogens (tertiary/aromatic N) is 3. The van der Waals surface area contributed by atoms with Gasteiger partial charge in [-0.1, -0.05) is 32.1 Å². The summed E-state index contributed by atoms with van der Waals surface area (Å²) in [5, 5.41) is 15.8. The largest absolute Gasteiger partial charge is 0.462 e. The fourth-order valence-electron chi connectivity index (χ4n) is 3.61. The number of carbonyl (C=O) groups excluding carboxylic acids is 1. The average molecular weight is 370 g/mol. The van der Waals surface area contributed by atoms with Crippen LogP contribution in [-0.2, 0) is 4.79 Å². The maximum Gasteiger partial charge on any atom is 0.283 e. The number of furan rings is 1. The molecule has 26 heavy (non-hydrogen) atoms. The molecule has 1 saturated carbocycles. The zero-order valence-corrected chi connectivity index (χ0v) is 15.6. The van der Waals surface area contributed by atoms with Crippen LogP contribution in [0.3, 0.4) is 0 Å². The van der Waals surface area contributed by atoms with E-state index in [0.717, 1.165) is 29.6 Å². The summed E-state index contributed by atoms with van der Waals surface area (Å²) in [6, 6.07) is 3.60. The molecule has 0 spiro atoms. The van der Waals surface area contributed by atoms with Crippen LogP contribution >= 0.6 is 11.8 Å². The van der Waals surface area contributed by atoms with Gasteiger partial charge in [0.2, 0.25) is 5.17 Å².